The van der Waals surface area contributed by atoms with Crippen molar-refractivity contribution in [3.05, 3.63) is 167 Å². The van der Waals surface area contributed by atoms with E-state index in [9.17, 15) is 4.39 Å². The number of fused-ring (bicyclic) bond motifs is 9. The molecule has 3 aromatic heterocycles. The van der Waals surface area contributed by atoms with Crippen LogP contribution >= 0.6 is 0 Å². The normalized spacial score (nSPS) is 16.9. The molecule has 0 saturated carbocycles. The SMILES string of the molecule is CC1(C)c2cc(F)c[c-]c2-c2ncccc2C1(C)C.[2H]c1cc(C([2H])([2H])C(C)(C)C)cc(C([2H])([2H])[2H])c1-c1cc(-c2[c-]ccc3c2oc2cc4c(ccc5ccccc54)cc23)ncc1C([2H])([2H])[2H].[Ir]. The first-order valence-corrected chi connectivity index (χ1v) is 19.7. The number of benzene rings is 6. The number of furan rings is 1. The van der Waals surface area contributed by atoms with Gasteiger partial charge in [0.2, 0.25) is 0 Å². The van der Waals surface area contributed by atoms with Crippen molar-refractivity contribution in [2.75, 3.05) is 0 Å². The smallest absolute Gasteiger partial charge is 0.121 e. The van der Waals surface area contributed by atoms with Crippen molar-refractivity contribution >= 4 is 43.5 Å². The van der Waals surface area contributed by atoms with E-state index in [1.165, 1.54) is 36.0 Å². The van der Waals surface area contributed by atoms with Gasteiger partial charge in [0.1, 0.15) is 5.58 Å². The van der Waals surface area contributed by atoms with Gasteiger partial charge in [-0.05, 0) is 115 Å². The molecule has 0 N–H and O–H groups in total. The van der Waals surface area contributed by atoms with E-state index in [1.807, 2.05) is 30.3 Å². The molecule has 0 unspecified atom stereocenters. The Kier molecular flexibility index (Phi) is 7.96. The number of aryl methyl sites for hydroxylation is 2. The zero-order valence-electron chi connectivity index (χ0n) is 43.5. The van der Waals surface area contributed by atoms with Crippen molar-refractivity contribution in [1.29, 1.82) is 0 Å². The van der Waals surface area contributed by atoms with Crippen LogP contribution in [-0.4, -0.2) is 9.97 Å². The van der Waals surface area contributed by atoms with Crippen molar-refractivity contribution in [1.82, 2.24) is 9.97 Å². The molecule has 1 aliphatic carbocycles. The van der Waals surface area contributed by atoms with Gasteiger partial charge in [-0.3, -0.25) is 4.39 Å². The Hall–Kier alpha value is -5.48. The minimum absolute atomic E-state index is 0. The van der Waals surface area contributed by atoms with Crippen LogP contribution in [0.2, 0.25) is 0 Å². The van der Waals surface area contributed by atoms with Gasteiger partial charge >= 0.3 is 0 Å². The van der Waals surface area contributed by atoms with E-state index in [1.54, 1.807) is 39.1 Å². The largest absolute Gasteiger partial charge is 0.501 e. The minimum Gasteiger partial charge on any atom is -0.501 e. The van der Waals surface area contributed by atoms with Crippen LogP contribution in [-0.2, 0) is 37.3 Å². The zero-order valence-corrected chi connectivity index (χ0v) is 36.9. The second-order valence-electron chi connectivity index (χ2n) is 17.5. The molecule has 60 heavy (non-hydrogen) atoms. The quantitative estimate of drug-likeness (QED) is 0.131. The molecule has 10 rings (SSSR count). The van der Waals surface area contributed by atoms with Gasteiger partial charge in [-0.1, -0.05) is 132 Å². The van der Waals surface area contributed by atoms with Gasteiger partial charge in [0.25, 0.3) is 0 Å². The van der Waals surface area contributed by atoms with Gasteiger partial charge in [-0.2, -0.15) is 0 Å². The molecule has 0 saturated heterocycles. The van der Waals surface area contributed by atoms with Gasteiger partial charge in [0.15, 0.2) is 0 Å². The van der Waals surface area contributed by atoms with E-state index in [-0.39, 0.29) is 76.3 Å². The number of halogens is 1. The molecule has 0 atom stereocenters. The molecule has 3 nitrogen and oxygen atoms in total. The molecule has 303 valence electrons. The van der Waals surface area contributed by atoms with Crippen molar-refractivity contribution in [3.8, 4) is 33.6 Å². The summed E-state index contributed by atoms with van der Waals surface area (Å²) in [6, 6.07) is 37.1. The number of rotatable bonds is 3. The van der Waals surface area contributed by atoms with Crippen molar-refractivity contribution in [2.45, 2.75) is 79.4 Å². The van der Waals surface area contributed by atoms with Crippen LogP contribution < -0.4 is 0 Å². The summed E-state index contributed by atoms with van der Waals surface area (Å²) in [6.45, 7) is 8.31. The molecule has 0 bridgehead atoms. The van der Waals surface area contributed by atoms with E-state index >= 15 is 0 Å². The van der Waals surface area contributed by atoms with Crippen LogP contribution in [0.5, 0.6) is 0 Å². The summed E-state index contributed by atoms with van der Waals surface area (Å²) in [5.41, 5.74) is 4.12. The Morgan fingerprint density at radius 1 is 0.750 bits per heavy atom. The Labute approximate surface area is 379 Å². The summed E-state index contributed by atoms with van der Waals surface area (Å²) in [7, 11) is 0. The molecular formula is C55H49FIrN2O-2. The number of nitrogens with zero attached hydrogens (tertiary/aromatic N) is 2. The molecule has 0 fully saturated rings. The third-order valence-corrected chi connectivity index (χ3v) is 12.0. The molecule has 5 heteroatoms. The third-order valence-electron chi connectivity index (χ3n) is 12.0. The maximum Gasteiger partial charge on any atom is 0.121 e. The van der Waals surface area contributed by atoms with E-state index in [2.05, 4.69) is 86.2 Å². The molecular weight excluding hydrogens is 916 g/mol. The average molecular weight is 974 g/mol. The number of hydrogen-bond acceptors (Lipinski definition) is 3. The predicted molar refractivity (Wildman–Crippen MR) is 243 cm³/mol. The van der Waals surface area contributed by atoms with Crippen LogP contribution in [0.15, 0.2) is 126 Å². The fourth-order valence-electron chi connectivity index (χ4n) is 8.40. The Morgan fingerprint density at radius 2 is 1.53 bits per heavy atom. The summed E-state index contributed by atoms with van der Waals surface area (Å²) < 4.78 is 96.7. The Balaban J connectivity index is 0.000000268. The van der Waals surface area contributed by atoms with Crippen LogP contribution in [0, 0.1) is 37.1 Å². The molecule has 1 aliphatic rings. The number of pyridine rings is 2. The number of aromatic nitrogens is 2. The molecule has 1 radical (unpaired) electrons. The molecule has 0 spiro atoms. The van der Waals surface area contributed by atoms with Gasteiger partial charge < -0.3 is 14.4 Å². The number of hydrogen-bond donors (Lipinski definition) is 0. The second-order valence-corrected chi connectivity index (χ2v) is 17.5. The maximum atomic E-state index is 13.6. The van der Waals surface area contributed by atoms with E-state index in [0.717, 1.165) is 49.1 Å². The van der Waals surface area contributed by atoms with E-state index < -0.39 is 25.5 Å². The summed E-state index contributed by atoms with van der Waals surface area (Å²) in [5.74, 6) is -0.234. The topological polar surface area (TPSA) is 38.9 Å². The standard InChI is InChI=1S/C38H32NO.C17H17FN.Ir/c1-23-17-25(21-38(3,4)5)13-16-28(23)32-19-35(39-22-24(32)2)31-12-8-11-30-34-18-27-15-14-26-9-6-7-10-29(26)33(27)20-36(34)40-37(30)31;1-16(2)13-6-5-9-19-15(13)12-8-7-11(18)10-14(12)17(16,3)4;/h6-11,13-20,22H,21H2,1-5H3;5-7,9-10H,1-4H3;/q2*-1;/i1D3,2D3,16D,21D2;;. The first-order valence-electron chi connectivity index (χ1n) is 24.2. The monoisotopic (exact) mass is 974 g/mol. The van der Waals surface area contributed by atoms with Crippen molar-refractivity contribution < 1.29 is 41.2 Å². The molecule has 9 aromatic rings. The summed E-state index contributed by atoms with van der Waals surface area (Å²) in [6.07, 6.45) is 0.993. The fourth-order valence-corrected chi connectivity index (χ4v) is 8.40. The molecule has 6 aromatic carbocycles. The average Bonchev–Trinajstić information content (AvgIpc) is 3.64. The van der Waals surface area contributed by atoms with Crippen LogP contribution in [0.4, 0.5) is 4.39 Å². The van der Waals surface area contributed by atoms with Crippen LogP contribution in [0.3, 0.4) is 0 Å². The van der Waals surface area contributed by atoms with Gasteiger partial charge in [-0.15, -0.1) is 47.5 Å². The predicted octanol–water partition coefficient (Wildman–Crippen LogP) is 14.9. The van der Waals surface area contributed by atoms with Crippen molar-refractivity contribution in [3.63, 3.8) is 0 Å². The van der Waals surface area contributed by atoms with E-state index in [4.69, 9.17) is 16.8 Å². The van der Waals surface area contributed by atoms with Crippen LogP contribution in [0.1, 0.15) is 88.6 Å². The second kappa shape index (κ2) is 15.2. The van der Waals surface area contributed by atoms with Crippen molar-refractivity contribution in [2.24, 2.45) is 5.41 Å². The van der Waals surface area contributed by atoms with Gasteiger partial charge in [0.05, 0.1) is 6.95 Å². The maximum absolute atomic E-state index is 13.6. The third kappa shape index (κ3) is 7.06. The van der Waals surface area contributed by atoms with Gasteiger partial charge in [-0.25, -0.2) is 0 Å². The fraction of sp³-hybridized carbons (Fsp3) is 0.236. The Morgan fingerprint density at radius 3 is 2.33 bits per heavy atom. The molecule has 3 heterocycles. The minimum atomic E-state index is -2.79. The summed E-state index contributed by atoms with van der Waals surface area (Å²) >= 11 is 0. The summed E-state index contributed by atoms with van der Waals surface area (Å²) in [5, 5.41) is 5.98. The summed E-state index contributed by atoms with van der Waals surface area (Å²) in [4.78, 5) is 9.01. The molecule has 0 aliphatic heterocycles. The van der Waals surface area contributed by atoms with Gasteiger partial charge in [0, 0.05) is 54.7 Å². The Bertz CT molecular complexity index is 3500. The zero-order chi connectivity index (χ0) is 49.1. The molecule has 0 amide bonds. The first-order chi connectivity index (χ1) is 31.7. The van der Waals surface area contributed by atoms with E-state index in [0.29, 0.717) is 16.7 Å². The van der Waals surface area contributed by atoms with Crippen LogP contribution in [0.25, 0.3) is 77.1 Å². The first kappa shape index (κ1) is 31.4.